The molecule has 0 radical (unpaired) electrons. The van der Waals surface area contributed by atoms with Crippen molar-refractivity contribution in [1.82, 2.24) is 41.5 Å². The van der Waals surface area contributed by atoms with Crippen molar-refractivity contribution in [2.24, 2.45) is 0 Å². The number of hydrogen-bond donors (Lipinski definition) is 6. The quantitative estimate of drug-likeness (QED) is 0.0894. The fraction of sp³-hybridized carbons (Fsp3) is 0.800. The third kappa shape index (κ3) is 13.3. The largest absolute Gasteiger partial charge is 0.444 e. The van der Waals surface area contributed by atoms with Gasteiger partial charge in [0, 0.05) is 13.1 Å². The fourth-order valence-corrected chi connectivity index (χ4v) is 6.13. The van der Waals surface area contributed by atoms with Gasteiger partial charge in [-0.15, -0.1) is 4.28 Å². The van der Waals surface area contributed by atoms with Crippen LogP contribution in [0.4, 0.5) is 19.2 Å². The van der Waals surface area contributed by atoms with Crippen LogP contribution in [0.25, 0.3) is 0 Å². The molecule has 0 unspecified atom stereocenters. The molecule has 24 heteroatoms. The summed E-state index contributed by atoms with van der Waals surface area (Å²) in [6, 6.07) is -4.66. The number of nitrogens with zero attached hydrogens (tertiary/aromatic N) is 4. The molecule has 4 bridgehead atoms. The topological polar surface area (TPSA) is 284 Å². The molecule has 4 heterocycles. The number of fused-ring (bicyclic) bond motifs is 4. The summed E-state index contributed by atoms with van der Waals surface area (Å²) in [6.45, 7) is 14.2. The van der Waals surface area contributed by atoms with Crippen LogP contribution in [-0.2, 0) is 43.4 Å². The van der Waals surface area contributed by atoms with Crippen molar-refractivity contribution in [1.29, 1.82) is 0 Å². The summed E-state index contributed by atoms with van der Waals surface area (Å²) in [5.74, 6) is -1.05. The maximum Gasteiger partial charge on any atom is 0.418 e. The van der Waals surface area contributed by atoms with E-state index in [2.05, 4.69) is 25.9 Å². The Morgan fingerprint density at radius 3 is 1.57 bits per heavy atom. The van der Waals surface area contributed by atoms with Crippen molar-refractivity contribution in [3.63, 3.8) is 0 Å². The molecule has 4 fully saturated rings. The second kappa shape index (κ2) is 17.9. The summed E-state index contributed by atoms with van der Waals surface area (Å²) in [5, 5.41) is 16.0. The summed E-state index contributed by atoms with van der Waals surface area (Å²) in [4.78, 5) is 84.6. The van der Waals surface area contributed by atoms with E-state index < -0.39 is 81.8 Å². The molecule has 0 spiro atoms. The Morgan fingerprint density at radius 1 is 0.741 bits per heavy atom. The molecule has 0 saturated carbocycles. The Bertz CT molecular complexity index is 1500. The number of hydroxylamine groups is 6. The molecule has 0 aromatic rings. The Labute approximate surface area is 313 Å². The smallest absolute Gasteiger partial charge is 0.418 e. The van der Waals surface area contributed by atoms with Crippen molar-refractivity contribution in [2.45, 2.75) is 129 Å². The van der Waals surface area contributed by atoms with Crippen molar-refractivity contribution >= 4 is 46.5 Å². The number of hydrogen-bond acceptors (Lipinski definition) is 14. The minimum Gasteiger partial charge on any atom is -0.444 e. The van der Waals surface area contributed by atoms with Crippen LogP contribution < -0.4 is 21.6 Å². The zero-order chi connectivity index (χ0) is 40.8. The number of nitrogens with one attached hydrogen (secondary N) is 4. The maximum atomic E-state index is 12.3. The van der Waals surface area contributed by atoms with E-state index >= 15 is 0 Å². The number of rotatable bonds is 12. The molecular weight excluding hydrogens is 744 g/mol. The van der Waals surface area contributed by atoms with Gasteiger partial charge in [0.2, 0.25) is 0 Å². The highest BCUT2D eigenvalue weighted by molar-refractivity contribution is 7.80. The fourth-order valence-electron chi connectivity index (χ4n) is 5.74. The van der Waals surface area contributed by atoms with Gasteiger partial charge in [-0.25, -0.2) is 35.2 Å². The number of piperidine rings is 2. The molecule has 4 aliphatic heterocycles. The predicted octanol–water partition coefficient (Wildman–Crippen LogP) is 0.556. The molecule has 308 valence electrons. The van der Waals surface area contributed by atoms with Gasteiger partial charge >= 0.3 is 34.6 Å². The van der Waals surface area contributed by atoms with E-state index in [4.69, 9.17) is 23.7 Å². The summed E-state index contributed by atoms with van der Waals surface area (Å²) < 4.78 is 45.1. The van der Waals surface area contributed by atoms with E-state index in [9.17, 15) is 42.4 Å². The molecule has 0 aliphatic carbocycles. The standard InChI is InChI=1S/C15H26N4O9S.C15H26N4O6/c1-9(16-13(21)27-15(2,3)4)8-26-17-12(20)11-6-5-10-7-18(11)14(22)19(10)28-29(23,24)25;1-9(16-13(21)25-15(2,3)4)8-24-17-12(20)11-6-5-10-7-18(11)14(22)19(10)23/h9-11H,5-8H2,1-4H3,(H,16,21)(H,17,20)(H,23,24,25);9-11,23H,5-8H2,1-4H3,(H,16,21)(H,17,20)/t2*9-,10+,11-/m00/s1. The van der Waals surface area contributed by atoms with Crippen LogP contribution in [0.2, 0.25) is 0 Å². The zero-order valence-corrected chi connectivity index (χ0v) is 32.3. The van der Waals surface area contributed by atoms with Crippen LogP contribution in [-0.4, -0.2) is 148 Å². The summed E-state index contributed by atoms with van der Waals surface area (Å²) in [5.41, 5.74) is 3.27. The van der Waals surface area contributed by atoms with Crippen LogP contribution in [0.3, 0.4) is 0 Å². The Hall–Kier alpha value is -4.23. The minimum absolute atomic E-state index is 0.0421. The van der Waals surface area contributed by atoms with E-state index in [-0.39, 0.29) is 38.3 Å². The van der Waals surface area contributed by atoms with Gasteiger partial charge < -0.3 is 29.9 Å². The second-order valence-electron chi connectivity index (χ2n) is 15.2. The van der Waals surface area contributed by atoms with E-state index in [1.807, 2.05) is 0 Å². The van der Waals surface area contributed by atoms with E-state index in [1.165, 1.54) is 4.90 Å². The van der Waals surface area contributed by atoms with Gasteiger partial charge in [-0.3, -0.25) is 29.0 Å². The second-order valence-corrected chi connectivity index (χ2v) is 16.2. The van der Waals surface area contributed by atoms with Crippen LogP contribution in [0.1, 0.15) is 81.1 Å². The van der Waals surface area contributed by atoms with Gasteiger partial charge in [0.1, 0.15) is 23.3 Å². The lowest BCUT2D eigenvalue weighted by Gasteiger charge is -2.29. The van der Waals surface area contributed by atoms with E-state index in [1.54, 1.807) is 55.4 Å². The minimum atomic E-state index is -4.85. The molecule has 8 amide bonds. The van der Waals surface area contributed by atoms with E-state index in [0.717, 1.165) is 4.90 Å². The molecule has 23 nitrogen and oxygen atoms in total. The van der Waals surface area contributed by atoms with Crippen LogP contribution in [0.5, 0.6) is 0 Å². The van der Waals surface area contributed by atoms with Gasteiger partial charge in [-0.05, 0) is 81.1 Å². The average Bonchev–Trinajstić information content (AvgIpc) is 3.37. The number of carbonyl (C=O) groups is 6. The third-order valence-electron chi connectivity index (χ3n) is 7.99. The first kappa shape index (κ1) is 44.2. The van der Waals surface area contributed by atoms with E-state index in [0.29, 0.717) is 35.9 Å². The van der Waals surface area contributed by atoms with Crippen LogP contribution in [0.15, 0.2) is 0 Å². The first-order valence-electron chi connectivity index (χ1n) is 17.2. The van der Waals surface area contributed by atoms with Gasteiger partial charge in [0.15, 0.2) is 0 Å². The lowest BCUT2D eigenvalue weighted by atomic mass is 10.0. The predicted molar refractivity (Wildman–Crippen MR) is 182 cm³/mol. The molecular formula is C30H52N8O15S. The Balaban J connectivity index is 0.000000294. The zero-order valence-electron chi connectivity index (χ0n) is 31.5. The SMILES string of the molecule is C[C@@H](CONC(=O)[C@@H]1CC[C@@H]2CN1C(=O)N2O)NC(=O)OC(C)(C)C.C[C@@H](CONC(=O)[C@@H]1CC[C@@H]2CN1C(=O)N2OS(=O)(=O)O)NC(=O)OC(C)(C)C. The molecule has 4 aliphatic rings. The summed E-state index contributed by atoms with van der Waals surface area (Å²) >= 11 is 0. The monoisotopic (exact) mass is 796 g/mol. The number of ether oxygens (including phenoxy) is 2. The van der Waals surface area contributed by atoms with Crippen LogP contribution >= 0.6 is 0 Å². The summed E-state index contributed by atoms with van der Waals surface area (Å²) in [7, 11) is -4.85. The Kier molecular flexibility index (Phi) is 14.7. The first-order valence-corrected chi connectivity index (χ1v) is 18.6. The highest BCUT2D eigenvalue weighted by atomic mass is 32.3. The molecule has 0 aromatic heterocycles. The van der Waals surface area contributed by atoms with Gasteiger partial charge in [-0.2, -0.15) is 13.5 Å². The lowest BCUT2D eigenvalue weighted by Crippen LogP contribution is -2.50. The van der Waals surface area contributed by atoms with Crippen molar-refractivity contribution in [2.75, 3.05) is 26.3 Å². The number of carbonyl (C=O) groups excluding carboxylic acids is 6. The number of urea groups is 2. The summed E-state index contributed by atoms with van der Waals surface area (Å²) in [6.07, 6.45) is 0.357. The highest BCUT2D eigenvalue weighted by Gasteiger charge is 2.50. The molecule has 54 heavy (non-hydrogen) atoms. The Morgan fingerprint density at radius 2 is 1.15 bits per heavy atom. The molecule has 6 atom stereocenters. The van der Waals surface area contributed by atoms with Gasteiger partial charge in [-0.1, -0.05) is 0 Å². The third-order valence-corrected chi connectivity index (χ3v) is 8.33. The molecule has 0 aromatic carbocycles. The normalized spacial score (nSPS) is 23.5. The van der Waals surface area contributed by atoms with Crippen molar-refractivity contribution in [3.8, 4) is 0 Å². The lowest BCUT2D eigenvalue weighted by molar-refractivity contribution is -0.139. The maximum absolute atomic E-state index is 12.3. The molecule has 4 rings (SSSR count). The number of alkyl carbamates (subject to hydrolysis) is 2. The first-order chi connectivity index (χ1) is 24.8. The van der Waals surface area contributed by atoms with Gasteiger partial charge in [0.05, 0.1) is 37.4 Å². The number of amides is 8. The highest BCUT2D eigenvalue weighted by Crippen LogP contribution is 2.31. The van der Waals surface area contributed by atoms with Crippen molar-refractivity contribution < 1.29 is 70.4 Å². The molecule has 6 N–H and O–H groups in total. The van der Waals surface area contributed by atoms with Gasteiger partial charge in [0.25, 0.3) is 11.8 Å². The van der Waals surface area contributed by atoms with Crippen LogP contribution in [0, 0.1) is 0 Å². The average molecular weight is 797 g/mol. The van der Waals surface area contributed by atoms with Crippen molar-refractivity contribution in [3.05, 3.63) is 0 Å². The molecule has 4 saturated heterocycles.